The van der Waals surface area contributed by atoms with Crippen molar-refractivity contribution in [3.63, 3.8) is 0 Å². The van der Waals surface area contributed by atoms with Gasteiger partial charge < -0.3 is 15.1 Å². The molecule has 9 nitrogen and oxygen atoms in total. The predicted molar refractivity (Wildman–Crippen MR) is 84.6 cm³/mol. The van der Waals surface area contributed by atoms with Crippen LogP contribution in [0.1, 0.15) is 23.2 Å². The number of amides is 1. The normalized spacial score (nSPS) is 15.4. The number of nitrogens with zero attached hydrogens (tertiary/aromatic N) is 5. The first-order valence-corrected chi connectivity index (χ1v) is 8.19. The van der Waals surface area contributed by atoms with Crippen LogP contribution in [0.5, 0.6) is 0 Å². The number of rotatable bonds is 4. The van der Waals surface area contributed by atoms with Crippen molar-refractivity contribution in [2.45, 2.75) is 23.2 Å². The monoisotopic (exact) mass is 349 g/mol. The zero-order valence-corrected chi connectivity index (χ0v) is 13.4. The van der Waals surface area contributed by atoms with Crippen LogP contribution in [0.3, 0.4) is 0 Å². The van der Waals surface area contributed by atoms with Crippen LogP contribution in [0.25, 0.3) is 5.69 Å². The highest BCUT2D eigenvalue weighted by atomic mass is 32.2. The van der Waals surface area contributed by atoms with Gasteiger partial charge in [-0.25, -0.2) is 9.59 Å². The van der Waals surface area contributed by atoms with Crippen LogP contribution in [0.4, 0.5) is 4.79 Å². The minimum absolute atomic E-state index is 0.196. The van der Waals surface area contributed by atoms with Gasteiger partial charge in [0.05, 0.1) is 11.3 Å². The highest BCUT2D eigenvalue weighted by Gasteiger charge is 2.25. The number of aromatic carboxylic acids is 1. The first-order chi connectivity index (χ1) is 11.5. The molecule has 0 atom stereocenters. The van der Waals surface area contributed by atoms with Crippen molar-refractivity contribution in [2.75, 3.05) is 13.1 Å². The quantitative estimate of drug-likeness (QED) is 0.853. The number of thioether (sulfide) groups is 1. The summed E-state index contributed by atoms with van der Waals surface area (Å²) in [5, 5.41) is 30.4. The van der Waals surface area contributed by atoms with Crippen molar-refractivity contribution in [3.8, 4) is 5.69 Å². The Balaban J connectivity index is 1.69. The van der Waals surface area contributed by atoms with Gasteiger partial charge in [0.25, 0.3) is 0 Å². The molecule has 0 spiro atoms. The second kappa shape index (κ2) is 6.87. The fourth-order valence-electron chi connectivity index (χ4n) is 2.47. The number of likely N-dealkylation sites (tertiary alicyclic amines) is 1. The van der Waals surface area contributed by atoms with Crippen molar-refractivity contribution < 1.29 is 19.8 Å². The molecule has 3 rings (SSSR count). The fraction of sp³-hybridized carbons (Fsp3) is 0.357. The Kier molecular flexibility index (Phi) is 4.65. The van der Waals surface area contributed by atoms with E-state index in [1.807, 2.05) is 0 Å². The summed E-state index contributed by atoms with van der Waals surface area (Å²) in [6, 6.07) is 6.30. The molecule has 2 aromatic rings. The molecule has 1 fully saturated rings. The molecule has 1 saturated heterocycles. The summed E-state index contributed by atoms with van der Waals surface area (Å²) < 4.78 is 1.56. The summed E-state index contributed by atoms with van der Waals surface area (Å²) >= 11 is 1.51. The average Bonchev–Trinajstić information content (AvgIpc) is 3.03. The molecular weight excluding hydrogens is 334 g/mol. The van der Waals surface area contributed by atoms with Crippen molar-refractivity contribution in [2.24, 2.45) is 0 Å². The van der Waals surface area contributed by atoms with Crippen LogP contribution in [0.2, 0.25) is 0 Å². The van der Waals surface area contributed by atoms with Gasteiger partial charge in [-0.1, -0.05) is 11.8 Å². The standard InChI is InChI=1S/C14H15N5O4S/c20-12(21)9-1-3-10(4-2-9)19-13(15-16-17-19)24-11-5-7-18(8-6-11)14(22)23/h1-4,11H,5-8H2,(H,20,21)(H,22,23). The van der Waals surface area contributed by atoms with E-state index in [4.69, 9.17) is 10.2 Å². The number of carboxylic acids is 1. The molecule has 0 saturated carbocycles. The molecule has 2 N–H and O–H groups in total. The zero-order valence-electron chi connectivity index (χ0n) is 12.6. The summed E-state index contributed by atoms with van der Waals surface area (Å²) in [5.41, 5.74) is 0.873. The average molecular weight is 349 g/mol. The van der Waals surface area contributed by atoms with Gasteiger partial charge in [0.2, 0.25) is 5.16 Å². The third-order valence-electron chi connectivity index (χ3n) is 3.78. The summed E-state index contributed by atoms with van der Waals surface area (Å²) in [4.78, 5) is 23.2. The number of tetrazole rings is 1. The molecule has 10 heteroatoms. The van der Waals surface area contributed by atoms with Gasteiger partial charge in [-0.2, -0.15) is 4.68 Å². The molecule has 1 aliphatic rings. The van der Waals surface area contributed by atoms with Crippen LogP contribution >= 0.6 is 11.8 Å². The smallest absolute Gasteiger partial charge is 0.407 e. The van der Waals surface area contributed by atoms with Crippen molar-refractivity contribution in [3.05, 3.63) is 29.8 Å². The van der Waals surface area contributed by atoms with Gasteiger partial charge in [-0.15, -0.1) is 5.10 Å². The van der Waals surface area contributed by atoms with Gasteiger partial charge in [0.15, 0.2) is 0 Å². The summed E-state index contributed by atoms with van der Waals surface area (Å²) in [7, 11) is 0. The number of benzene rings is 1. The minimum atomic E-state index is -0.988. The molecule has 0 aliphatic carbocycles. The number of carbonyl (C=O) groups is 2. The molecule has 0 bridgehead atoms. The molecule has 1 aromatic carbocycles. The Hall–Kier alpha value is -2.62. The van der Waals surface area contributed by atoms with Crippen LogP contribution < -0.4 is 0 Å². The Morgan fingerprint density at radius 1 is 1.12 bits per heavy atom. The van der Waals surface area contributed by atoms with E-state index in [0.717, 1.165) is 12.8 Å². The lowest BCUT2D eigenvalue weighted by atomic mass is 10.1. The molecule has 2 heterocycles. The molecule has 1 aliphatic heterocycles. The SMILES string of the molecule is O=C(O)c1ccc(-n2nnnc2SC2CCN(C(=O)O)CC2)cc1. The van der Waals surface area contributed by atoms with Crippen LogP contribution in [-0.4, -0.2) is 65.7 Å². The Labute approximate surface area is 141 Å². The first-order valence-electron chi connectivity index (χ1n) is 7.31. The maximum atomic E-state index is 10.9. The molecule has 126 valence electrons. The number of aromatic nitrogens is 4. The Bertz CT molecular complexity index is 740. The molecule has 1 amide bonds. The maximum absolute atomic E-state index is 10.9. The molecule has 24 heavy (non-hydrogen) atoms. The predicted octanol–water partition coefficient (Wildman–Crippen LogP) is 1.59. The third kappa shape index (κ3) is 3.48. The van der Waals surface area contributed by atoms with Crippen molar-refractivity contribution in [1.82, 2.24) is 25.1 Å². The van der Waals surface area contributed by atoms with E-state index in [-0.39, 0.29) is 10.8 Å². The number of piperidine rings is 1. The third-order valence-corrected chi connectivity index (χ3v) is 5.05. The van der Waals surface area contributed by atoms with E-state index in [1.54, 1.807) is 16.8 Å². The van der Waals surface area contributed by atoms with Crippen LogP contribution in [-0.2, 0) is 0 Å². The highest BCUT2D eigenvalue weighted by molar-refractivity contribution is 7.99. The molecule has 0 radical (unpaired) electrons. The highest BCUT2D eigenvalue weighted by Crippen LogP contribution is 2.29. The number of hydrogen-bond donors (Lipinski definition) is 2. The van der Waals surface area contributed by atoms with E-state index in [9.17, 15) is 9.59 Å². The van der Waals surface area contributed by atoms with Gasteiger partial charge >= 0.3 is 12.1 Å². The summed E-state index contributed by atoms with van der Waals surface area (Å²) in [6.07, 6.45) is 0.589. The second-order valence-corrected chi connectivity index (χ2v) is 6.58. The van der Waals surface area contributed by atoms with Crippen molar-refractivity contribution in [1.29, 1.82) is 0 Å². The topological polar surface area (TPSA) is 121 Å². The number of hydrogen-bond acceptors (Lipinski definition) is 6. The summed E-state index contributed by atoms with van der Waals surface area (Å²) in [6.45, 7) is 1.00. The number of carboxylic acid groups (broad SMARTS) is 2. The van der Waals surface area contributed by atoms with Crippen LogP contribution in [0.15, 0.2) is 29.4 Å². The van der Waals surface area contributed by atoms with Gasteiger partial charge in [0.1, 0.15) is 0 Å². The largest absolute Gasteiger partial charge is 0.478 e. The maximum Gasteiger partial charge on any atom is 0.407 e. The fourth-order valence-corrected chi connectivity index (χ4v) is 3.54. The second-order valence-electron chi connectivity index (χ2n) is 5.31. The summed E-state index contributed by atoms with van der Waals surface area (Å²) in [5.74, 6) is -0.988. The minimum Gasteiger partial charge on any atom is -0.478 e. The van der Waals surface area contributed by atoms with Crippen molar-refractivity contribution >= 4 is 23.8 Å². The Morgan fingerprint density at radius 3 is 2.38 bits per heavy atom. The van der Waals surface area contributed by atoms with Gasteiger partial charge in [-0.05, 0) is 47.5 Å². The zero-order chi connectivity index (χ0) is 17.1. The van der Waals surface area contributed by atoms with E-state index in [0.29, 0.717) is 23.9 Å². The molecule has 1 aromatic heterocycles. The van der Waals surface area contributed by atoms with E-state index in [1.165, 1.54) is 28.8 Å². The lowest BCUT2D eigenvalue weighted by Gasteiger charge is -2.29. The lowest BCUT2D eigenvalue weighted by molar-refractivity contribution is 0.0696. The Morgan fingerprint density at radius 2 is 1.79 bits per heavy atom. The van der Waals surface area contributed by atoms with E-state index >= 15 is 0 Å². The lowest BCUT2D eigenvalue weighted by Crippen LogP contribution is -2.38. The van der Waals surface area contributed by atoms with E-state index < -0.39 is 12.1 Å². The molecule has 0 unspecified atom stereocenters. The van der Waals surface area contributed by atoms with Gasteiger partial charge in [-0.3, -0.25) is 0 Å². The molecular formula is C14H15N5O4S. The first kappa shape index (κ1) is 16.2. The van der Waals surface area contributed by atoms with Gasteiger partial charge in [0, 0.05) is 18.3 Å². The van der Waals surface area contributed by atoms with Crippen LogP contribution in [0, 0.1) is 0 Å². The van der Waals surface area contributed by atoms with E-state index in [2.05, 4.69) is 15.5 Å².